The summed E-state index contributed by atoms with van der Waals surface area (Å²) < 4.78 is 45.8. The van der Waals surface area contributed by atoms with E-state index in [2.05, 4.69) is 9.72 Å². The van der Waals surface area contributed by atoms with E-state index >= 15 is 0 Å². The number of halogens is 3. The second-order valence-electron chi connectivity index (χ2n) is 3.91. The van der Waals surface area contributed by atoms with E-state index in [-0.39, 0.29) is 36.5 Å². The fourth-order valence-corrected chi connectivity index (χ4v) is 1.62. The third-order valence-electron chi connectivity index (χ3n) is 2.40. The largest absolute Gasteiger partial charge is 0.573 e. The normalized spacial score (nSPS) is 11.3. The molecule has 0 saturated heterocycles. The lowest BCUT2D eigenvalue weighted by Crippen LogP contribution is -2.20. The van der Waals surface area contributed by atoms with Crippen LogP contribution in [0.5, 0.6) is 5.75 Å². The van der Waals surface area contributed by atoms with Crippen LogP contribution in [0, 0.1) is 6.92 Å². The maximum absolute atomic E-state index is 12.4. The van der Waals surface area contributed by atoms with Gasteiger partial charge in [-0.1, -0.05) is 0 Å². The first-order chi connectivity index (χ1) is 9.26. The van der Waals surface area contributed by atoms with Gasteiger partial charge in [0.05, 0.1) is 18.7 Å². The number of hydrogen-bond acceptors (Lipinski definition) is 5. The van der Waals surface area contributed by atoms with Crippen LogP contribution < -0.4 is 10.5 Å². The summed E-state index contributed by atoms with van der Waals surface area (Å²) in [5.74, 6) is -1.12. The number of carbonyl (C=O) groups is 1. The first kappa shape index (κ1) is 16.2. The lowest BCUT2D eigenvalue weighted by molar-refractivity contribution is -0.275. The van der Waals surface area contributed by atoms with Crippen LogP contribution in [0.2, 0.25) is 0 Å². The van der Waals surface area contributed by atoms with Crippen molar-refractivity contribution < 1.29 is 27.4 Å². The van der Waals surface area contributed by atoms with Crippen molar-refractivity contribution in [1.29, 1.82) is 0 Å². The van der Waals surface area contributed by atoms with Crippen LogP contribution in [-0.2, 0) is 22.5 Å². The van der Waals surface area contributed by atoms with E-state index < -0.39 is 18.1 Å². The summed E-state index contributed by atoms with van der Waals surface area (Å²) >= 11 is 0. The third kappa shape index (κ3) is 4.69. The predicted molar refractivity (Wildman–Crippen MR) is 63.9 cm³/mol. The molecular weight excluding hydrogens is 277 g/mol. The van der Waals surface area contributed by atoms with E-state index in [1.807, 2.05) is 0 Å². The van der Waals surface area contributed by atoms with E-state index in [1.54, 1.807) is 6.92 Å². The minimum atomic E-state index is -4.86. The molecule has 8 heteroatoms. The highest BCUT2D eigenvalue weighted by atomic mass is 19.4. The van der Waals surface area contributed by atoms with Gasteiger partial charge in [0, 0.05) is 23.9 Å². The topological polar surface area (TPSA) is 74.4 Å². The van der Waals surface area contributed by atoms with Crippen molar-refractivity contribution in [3.63, 3.8) is 0 Å². The minimum Gasteiger partial charge on any atom is -0.466 e. The van der Waals surface area contributed by atoms with E-state index in [1.165, 1.54) is 6.92 Å². The summed E-state index contributed by atoms with van der Waals surface area (Å²) in [6, 6.07) is 1.08. The third-order valence-corrected chi connectivity index (χ3v) is 2.40. The number of nitrogens with two attached hydrogens (primary N) is 1. The van der Waals surface area contributed by atoms with Gasteiger partial charge in [-0.2, -0.15) is 0 Å². The van der Waals surface area contributed by atoms with Crippen LogP contribution in [-0.4, -0.2) is 23.9 Å². The predicted octanol–water partition coefficient (Wildman–Crippen LogP) is 1.85. The highest BCUT2D eigenvalue weighted by Gasteiger charge is 2.33. The lowest BCUT2D eigenvalue weighted by atomic mass is 10.1. The van der Waals surface area contributed by atoms with E-state index in [4.69, 9.17) is 10.5 Å². The van der Waals surface area contributed by atoms with Crippen molar-refractivity contribution in [2.24, 2.45) is 5.73 Å². The summed E-state index contributed by atoms with van der Waals surface area (Å²) in [4.78, 5) is 15.4. The Morgan fingerprint density at radius 2 is 2.10 bits per heavy atom. The van der Waals surface area contributed by atoms with Crippen LogP contribution in [0.3, 0.4) is 0 Å². The molecule has 0 amide bonds. The standard InChI is InChI=1S/C12H15F3N2O3/c1-3-19-11(18)5-9-7(2)17-8(6-16)4-10(9)20-12(13,14)15/h4H,3,5-6,16H2,1-2H3. The Labute approximate surface area is 113 Å². The average Bonchev–Trinajstić information content (AvgIpc) is 2.31. The number of ether oxygens (including phenoxy) is 2. The van der Waals surface area contributed by atoms with Crippen molar-refractivity contribution in [2.75, 3.05) is 6.61 Å². The zero-order valence-electron chi connectivity index (χ0n) is 11.1. The summed E-state index contributed by atoms with van der Waals surface area (Å²) in [5.41, 5.74) is 5.89. The molecule has 112 valence electrons. The van der Waals surface area contributed by atoms with Crippen LogP contribution in [0.1, 0.15) is 23.9 Å². The Balaban J connectivity index is 3.15. The molecule has 0 aromatic carbocycles. The Bertz CT molecular complexity index is 490. The molecule has 0 aliphatic heterocycles. The quantitative estimate of drug-likeness (QED) is 0.838. The highest BCUT2D eigenvalue weighted by Crippen LogP contribution is 2.29. The van der Waals surface area contributed by atoms with Gasteiger partial charge in [0.25, 0.3) is 0 Å². The summed E-state index contributed by atoms with van der Waals surface area (Å²) in [5, 5.41) is 0. The Morgan fingerprint density at radius 1 is 1.45 bits per heavy atom. The van der Waals surface area contributed by atoms with Crippen LogP contribution in [0.15, 0.2) is 6.07 Å². The number of aromatic nitrogens is 1. The number of carbonyl (C=O) groups excluding carboxylic acids is 1. The molecule has 0 bridgehead atoms. The highest BCUT2D eigenvalue weighted by molar-refractivity contribution is 5.74. The second kappa shape index (κ2) is 6.56. The van der Waals surface area contributed by atoms with Gasteiger partial charge in [-0.25, -0.2) is 0 Å². The van der Waals surface area contributed by atoms with Gasteiger partial charge in [0.2, 0.25) is 0 Å². The van der Waals surface area contributed by atoms with E-state index in [9.17, 15) is 18.0 Å². The molecule has 20 heavy (non-hydrogen) atoms. The van der Waals surface area contributed by atoms with Crippen LogP contribution in [0.25, 0.3) is 0 Å². The summed E-state index contributed by atoms with van der Waals surface area (Å²) in [6.07, 6.45) is -5.20. The van der Waals surface area contributed by atoms with Crippen molar-refractivity contribution in [1.82, 2.24) is 4.98 Å². The molecule has 0 aliphatic carbocycles. The maximum atomic E-state index is 12.4. The van der Waals surface area contributed by atoms with Crippen molar-refractivity contribution >= 4 is 5.97 Å². The van der Waals surface area contributed by atoms with Gasteiger partial charge in [0.1, 0.15) is 5.75 Å². The van der Waals surface area contributed by atoms with Crippen molar-refractivity contribution in [3.8, 4) is 5.75 Å². The molecule has 0 aliphatic rings. The Hall–Kier alpha value is -1.83. The molecule has 0 saturated carbocycles. The Kier molecular flexibility index (Phi) is 5.32. The zero-order chi connectivity index (χ0) is 15.3. The molecule has 0 unspecified atom stereocenters. The molecule has 1 heterocycles. The van der Waals surface area contributed by atoms with Crippen LogP contribution >= 0.6 is 0 Å². The monoisotopic (exact) mass is 292 g/mol. The molecule has 1 rings (SSSR count). The number of aryl methyl sites for hydroxylation is 1. The number of nitrogens with zero attached hydrogens (tertiary/aromatic N) is 1. The van der Waals surface area contributed by atoms with Gasteiger partial charge in [-0.3, -0.25) is 9.78 Å². The van der Waals surface area contributed by atoms with E-state index in [0.717, 1.165) is 6.07 Å². The number of pyridine rings is 1. The average molecular weight is 292 g/mol. The maximum Gasteiger partial charge on any atom is 0.573 e. The SMILES string of the molecule is CCOC(=O)Cc1c(OC(F)(F)F)cc(CN)nc1C. The number of alkyl halides is 3. The molecule has 5 nitrogen and oxygen atoms in total. The summed E-state index contributed by atoms with van der Waals surface area (Å²) in [7, 11) is 0. The van der Waals surface area contributed by atoms with Gasteiger partial charge < -0.3 is 15.2 Å². The van der Waals surface area contributed by atoms with Gasteiger partial charge in [0.15, 0.2) is 0 Å². The van der Waals surface area contributed by atoms with Crippen molar-refractivity contribution in [3.05, 3.63) is 23.0 Å². The molecule has 2 N–H and O–H groups in total. The fraction of sp³-hybridized carbons (Fsp3) is 0.500. The smallest absolute Gasteiger partial charge is 0.466 e. The molecule has 0 fully saturated rings. The molecule has 1 aromatic heterocycles. The molecule has 1 aromatic rings. The van der Waals surface area contributed by atoms with Gasteiger partial charge in [-0.15, -0.1) is 13.2 Å². The molecule has 0 atom stereocenters. The second-order valence-corrected chi connectivity index (χ2v) is 3.91. The van der Waals surface area contributed by atoms with E-state index in [0.29, 0.717) is 0 Å². The first-order valence-corrected chi connectivity index (χ1v) is 5.87. The first-order valence-electron chi connectivity index (χ1n) is 5.87. The number of hydrogen-bond donors (Lipinski definition) is 1. The minimum absolute atomic E-state index is 0.0330. The molecule has 0 spiro atoms. The summed E-state index contributed by atoms with van der Waals surface area (Å²) in [6.45, 7) is 3.20. The van der Waals surface area contributed by atoms with Crippen molar-refractivity contribution in [2.45, 2.75) is 33.2 Å². The van der Waals surface area contributed by atoms with Gasteiger partial charge >= 0.3 is 12.3 Å². The van der Waals surface area contributed by atoms with Gasteiger partial charge in [-0.05, 0) is 13.8 Å². The fourth-order valence-electron chi connectivity index (χ4n) is 1.62. The number of rotatable bonds is 5. The lowest BCUT2D eigenvalue weighted by Gasteiger charge is -2.15. The van der Waals surface area contributed by atoms with Crippen LogP contribution in [0.4, 0.5) is 13.2 Å². The molecular formula is C12H15F3N2O3. The molecule has 0 radical (unpaired) electrons. The number of esters is 1. The zero-order valence-corrected chi connectivity index (χ0v) is 11.1. The Morgan fingerprint density at radius 3 is 2.60 bits per heavy atom.